The van der Waals surface area contributed by atoms with Crippen LogP contribution in [0.25, 0.3) is 6.08 Å². The number of carbonyl (C=O) groups is 2. The van der Waals surface area contributed by atoms with E-state index in [0.29, 0.717) is 45.4 Å². The van der Waals surface area contributed by atoms with Crippen molar-refractivity contribution in [3.8, 4) is 23.0 Å². The molecule has 0 spiro atoms. The van der Waals surface area contributed by atoms with Gasteiger partial charge in [-0.05, 0) is 49.4 Å². The summed E-state index contributed by atoms with van der Waals surface area (Å²) in [5.74, 6) is 0.933. The SMILES string of the molecule is COc1ccc(C(=O)Oc2ccc3c(c2C)O/C(=C\c2ccccn2)C3=O)cc1OC. The third-order valence-corrected chi connectivity index (χ3v) is 4.83. The second kappa shape index (κ2) is 8.31. The van der Waals surface area contributed by atoms with Gasteiger partial charge in [-0.2, -0.15) is 0 Å². The standard InChI is InChI=1S/C24H19NO6/c1-14-18(31-24(27)15-7-9-19(28-2)20(12-15)29-3)10-8-17-22(26)21(30-23(14)17)13-16-6-4-5-11-25-16/h4-13H,1-3H3/b21-13-. The summed E-state index contributed by atoms with van der Waals surface area (Å²) in [5.41, 5.74) is 1.86. The van der Waals surface area contributed by atoms with Gasteiger partial charge in [0.05, 0.1) is 31.0 Å². The van der Waals surface area contributed by atoms with Gasteiger partial charge in [0.2, 0.25) is 5.78 Å². The summed E-state index contributed by atoms with van der Waals surface area (Å²) in [4.78, 5) is 29.5. The molecule has 1 aliphatic heterocycles. The zero-order valence-electron chi connectivity index (χ0n) is 17.2. The number of ether oxygens (including phenoxy) is 4. The van der Waals surface area contributed by atoms with E-state index >= 15 is 0 Å². The molecule has 7 nitrogen and oxygen atoms in total. The number of methoxy groups -OCH3 is 2. The molecule has 31 heavy (non-hydrogen) atoms. The summed E-state index contributed by atoms with van der Waals surface area (Å²) >= 11 is 0. The van der Waals surface area contributed by atoms with E-state index in [4.69, 9.17) is 18.9 Å². The fourth-order valence-electron chi connectivity index (χ4n) is 3.20. The summed E-state index contributed by atoms with van der Waals surface area (Å²) in [6.07, 6.45) is 3.22. The van der Waals surface area contributed by atoms with E-state index in [1.807, 2.05) is 6.07 Å². The summed E-state index contributed by atoms with van der Waals surface area (Å²) in [6.45, 7) is 1.73. The number of nitrogens with zero attached hydrogens (tertiary/aromatic N) is 1. The van der Waals surface area contributed by atoms with Crippen molar-refractivity contribution in [3.63, 3.8) is 0 Å². The minimum atomic E-state index is -0.572. The Morgan fingerprint density at radius 3 is 2.48 bits per heavy atom. The third kappa shape index (κ3) is 3.85. The van der Waals surface area contributed by atoms with Gasteiger partial charge in [0.25, 0.3) is 0 Å². The van der Waals surface area contributed by atoms with E-state index in [1.54, 1.807) is 55.6 Å². The predicted octanol–water partition coefficient (Wildman–Crippen LogP) is 4.24. The first kappa shape index (κ1) is 20.2. The number of rotatable bonds is 5. The molecule has 156 valence electrons. The lowest BCUT2D eigenvalue weighted by Crippen LogP contribution is -2.10. The summed E-state index contributed by atoms with van der Waals surface area (Å²) in [6, 6.07) is 13.3. The zero-order chi connectivity index (χ0) is 22.0. The molecule has 0 saturated carbocycles. The molecule has 0 bridgehead atoms. The van der Waals surface area contributed by atoms with Crippen molar-refractivity contribution >= 4 is 17.8 Å². The van der Waals surface area contributed by atoms with Gasteiger partial charge in [0, 0.05) is 17.8 Å². The number of hydrogen-bond donors (Lipinski definition) is 0. The van der Waals surface area contributed by atoms with Gasteiger partial charge < -0.3 is 18.9 Å². The van der Waals surface area contributed by atoms with Crippen molar-refractivity contribution < 1.29 is 28.5 Å². The Morgan fingerprint density at radius 2 is 1.77 bits per heavy atom. The Balaban J connectivity index is 1.59. The van der Waals surface area contributed by atoms with Gasteiger partial charge in [0.1, 0.15) is 11.5 Å². The number of benzene rings is 2. The minimum absolute atomic E-state index is 0.167. The van der Waals surface area contributed by atoms with E-state index < -0.39 is 5.97 Å². The molecular formula is C24H19NO6. The lowest BCUT2D eigenvalue weighted by molar-refractivity contribution is 0.0732. The van der Waals surface area contributed by atoms with Crippen LogP contribution in [0, 0.1) is 6.92 Å². The maximum Gasteiger partial charge on any atom is 0.343 e. The average Bonchev–Trinajstić information content (AvgIpc) is 3.11. The average molecular weight is 417 g/mol. The van der Waals surface area contributed by atoms with Crippen molar-refractivity contribution in [3.05, 3.63) is 82.9 Å². The first-order valence-electron chi connectivity index (χ1n) is 9.45. The number of ketones is 1. The van der Waals surface area contributed by atoms with Gasteiger partial charge in [-0.3, -0.25) is 9.78 Å². The second-order valence-corrected chi connectivity index (χ2v) is 6.72. The van der Waals surface area contributed by atoms with Crippen LogP contribution in [0.1, 0.15) is 32.0 Å². The Morgan fingerprint density at radius 1 is 1.00 bits per heavy atom. The molecule has 0 saturated heterocycles. The third-order valence-electron chi connectivity index (χ3n) is 4.83. The largest absolute Gasteiger partial charge is 0.493 e. The van der Waals surface area contributed by atoms with Crippen LogP contribution in [-0.4, -0.2) is 31.0 Å². The monoisotopic (exact) mass is 417 g/mol. The Hall–Kier alpha value is -4.13. The summed E-state index contributed by atoms with van der Waals surface area (Å²) in [5, 5.41) is 0. The normalized spacial score (nSPS) is 13.5. The molecule has 1 aliphatic rings. The molecule has 3 aromatic rings. The van der Waals surface area contributed by atoms with Crippen molar-refractivity contribution in [1.29, 1.82) is 0 Å². The van der Waals surface area contributed by atoms with Crippen LogP contribution in [0.2, 0.25) is 0 Å². The van der Waals surface area contributed by atoms with Crippen LogP contribution in [0.15, 0.2) is 60.5 Å². The number of allylic oxidation sites excluding steroid dienone is 1. The Kier molecular flexibility index (Phi) is 5.41. The predicted molar refractivity (Wildman–Crippen MR) is 113 cm³/mol. The molecule has 2 heterocycles. The van der Waals surface area contributed by atoms with Crippen LogP contribution >= 0.6 is 0 Å². The van der Waals surface area contributed by atoms with Gasteiger partial charge >= 0.3 is 5.97 Å². The maximum atomic E-state index is 12.7. The highest BCUT2D eigenvalue weighted by Crippen LogP contribution is 2.39. The van der Waals surface area contributed by atoms with Gasteiger partial charge in [-0.25, -0.2) is 4.79 Å². The van der Waals surface area contributed by atoms with Crippen LogP contribution in [0.5, 0.6) is 23.0 Å². The first-order chi connectivity index (χ1) is 15.0. The highest BCUT2D eigenvalue weighted by Gasteiger charge is 2.30. The van der Waals surface area contributed by atoms with Gasteiger partial charge in [-0.15, -0.1) is 0 Å². The molecule has 0 radical (unpaired) electrons. The van der Waals surface area contributed by atoms with Crippen molar-refractivity contribution in [2.75, 3.05) is 14.2 Å². The molecule has 7 heteroatoms. The smallest absolute Gasteiger partial charge is 0.343 e. The summed E-state index contributed by atoms with van der Waals surface area (Å²) < 4.78 is 21.8. The molecule has 0 amide bonds. The Bertz CT molecular complexity index is 1200. The van der Waals surface area contributed by atoms with Crippen molar-refractivity contribution in [2.24, 2.45) is 0 Å². The van der Waals surface area contributed by atoms with E-state index in [0.717, 1.165) is 0 Å². The van der Waals surface area contributed by atoms with Gasteiger partial charge in [-0.1, -0.05) is 6.07 Å². The summed E-state index contributed by atoms with van der Waals surface area (Å²) in [7, 11) is 3.00. The number of pyridine rings is 1. The molecular weight excluding hydrogens is 398 g/mol. The fourth-order valence-corrected chi connectivity index (χ4v) is 3.20. The Labute approximate surface area is 178 Å². The molecule has 0 unspecified atom stereocenters. The van der Waals surface area contributed by atoms with E-state index in [9.17, 15) is 9.59 Å². The highest BCUT2D eigenvalue weighted by atomic mass is 16.5. The molecule has 0 fully saturated rings. The highest BCUT2D eigenvalue weighted by molar-refractivity contribution is 6.15. The van der Waals surface area contributed by atoms with E-state index in [-0.39, 0.29) is 11.5 Å². The van der Waals surface area contributed by atoms with E-state index in [1.165, 1.54) is 20.3 Å². The van der Waals surface area contributed by atoms with Crippen LogP contribution < -0.4 is 18.9 Å². The molecule has 1 aromatic heterocycles. The fraction of sp³-hybridized carbons (Fsp3) is 0.125. The number of aromatic nitrogens is 1. The van der Waals surface area contributed by atoms with Crippen molar-refractivity contribution in [1.82, 2.24) is 4.98 Å². The molecule has 0 aliphatic carbocycles. The quantitative estimate of drug-likeness (QED) is 0.349. The molecule has 0 atom stereocenters. The maximum absolute atomic E-state index is 12.7. The van der Waals surface area contributed by atoms with E-state index in [2.05, 4.69) is 4.98 Å². The lowest BCUT2D eigenvalue weighted by atomic mass is 10.1. The number of esters is 1. The van der Waals surface area contributed by atoms with Crippen molar-refractivity contribution in [2.45, 2.75) is 6.92 Å². The van der Waals surface area contributed by atoms with Gasteiger partial charge in [0.15, 0.2) is 17.3 Å². The number of Topliss-reactive ketones (excluding diaryl/α,β-unsaturated/α-hetero) is 1. The lowest BCUT2D eigenvalue weighted by Gasteiger charge is -2.12. The number of carbonyl (C=O) groups excluding carboxylic acids is 2. The molecule has 0 N–H and O–H groups in total. The zero-order valence-corrected chi connectivity index (χ0v) is 17.2. The topological polar surface area (TPSA) is 84.0 Å². The van der Waals surface area contributed by atoms with Crippen LogP contribution in [-0.2, 0) is 0 Å². The molecule has 2 aromatic carbocycles. The number of hydrogen-bond acceptors (Lipinski definition) is 7. The minimum Gasteiger partial charge on any atom is -0.493 e. The second-order valence-electron chi connectivity index (χ2n) is 6.72. The van der Waals surface area contributed by atoms with Crippen LogP contribution in [0.4, 0.5) is 0 Å². The first-order valence-corrected chi connectivity index (χ1v) is 9.45. The van der Waals surface area contributed by atoms with Crippen LogP contribution in [0.3, 0.4) is 0 Å². The molecule has 4 rings (SSSR count). The number of fused-ring (bicyclic) bond motifs is 1.